The third kappa shape index (κ3) is 5.99. The van der Waals surface area contributed by atoms with Gasteiger partial charge in [-0.3, -0.25) is 4.79 Å². The number of nitrogens with one attached hydrogen (secondary N) is 2. The highest BCUT2D eigenvalue weighted by molar-refractivity contribution is 5.83. The predicted molar refractivity (Wildman–Crippen MR) is 127 cm³/mol. The standard InChI is InChI=1S/C25H33FN4O2/c1-5-12-27-24-23(26)22(10-13-28-24)30-14-11-21(16-30)32-20-8-6-19(7-9-20)18(4)25(31)29-15-17(2)3/h6-10,13,18,21H,2,5,11-12,14-16H2,1,3-4H3,(H,27,28)(H,29,31)/t18?,21-/m1/s1. The van der Waals surface area contributed by atoms with Gasteiger partial charge in [-0.1, -0.05) is 31.2 Å². The summed E-state index contributed by atoms with van der Waals surface area (Å²) in [6, 6.07) is 9.33. The van der Waals surface area contributed by atoms with E-state index in [4.69, 9.17) is 4.74 Å². The Labute approximate surface area is 189 Å². The van der Waals surface area contributed by atoms with Crippen molar-refractivity contribution in [3.05, 3.63) is 60.1 Å². The summed E-state index contributed by atoms with van der Waals surface area (Å²) in [4.78, 5) is 18.4. The van der Waals surface area contributed by atoms with Gasteiger partial charge in [0.25, 0.3) is 0 Å². The van der Waals surface area contributed by atoms with Crippen molar-refractivity contribution in [1.82, 2.24) is 10.3 Å². The lowest BCUT2D eigenvalue weighted by atomic mass is 10.0. The van der Waals surface area contributed by atoms with E-state index in [0.29, 0.717) is 31.1 Å². The Balaban J connectivity index is 1.57. The Morgan fingerprint density at radius 2 is 2.09 bits per heavy atom. The molecular weight excluding hydrogens is 407 g/mol. The second-order valence-corrected chi connectivity index (χ2v) is 8.36. The molecule has 1 aromatic carbocycles. The summed E-state index contributed by atoms with van der Waals surface area (Å²) in [5.41, 5.74) is 2.39. The molecule has 2 atom stereocenters. The van der Waals surface area contributed by atoms with Gasteiger partial charge in [0.15, 0.2) is 11.6 Å². The van der Waals surface area contributed by atoms with Crippen molar-refractivity contribution in [3.8, 4) is 5.75 Å². The Hall–Kier alpha value is -3.09. The average molecular weight is 441 g/mol. The van der Waals surface area contributed by atoms with E-state index in [0.717, 1.165) is 36.3 Å². The van der Waals surface area contributed by atoms with E-state index in [1.165, 1.54) is 0 Å². The van der Waals surface area contributed by atoms with E-state index in [1.807, 2.05) is 49.9 Å². The van der Waals surface area contributed by atoms with E-state index in [2.05, 4.69) is 22.2 Å². The van der Waals surface area contributed by atoms with Crippen LogP contribution in [0.2, 0.25) is 0 Å². The van der Waals surface area contributed by atoms with Crippen LogP contribution < -0.4 is 20.3 Å². The maximum Gasteiger partial charge on any atom is 0.227 e. The lowest BCUT2D eigenvalue weighted by molar-refractivity contribution is -0.122. The number of rotatable bonds is 10. The van der Waals surface area contributed by atoms with Gasteiger partial charge in [-0.25, -0.2) is 9.37 Å². The number of hydrogen-bond donors (Lipinski definition) is 2. The quantitative estimate of drug-likeness (QED) is 0.533. The maximum atomic E-state index is 14.8. The van der Waals surface area contributed by atoms with Gasteiger partial charge in [0.05, 0.1) is 18.2 Å². The lowest BCUT2D eigenvalue weighted by Crippen LogP contribution is -2.29. The smallest absolute Gasteiger partial charge is 0.227 e. The van der Waals surface area contributed by atoms with Gasteiger partial charge in [0, 0.05) is 32.3 Å². The fourth-order valence-electron chi connectivity index (χ4n) is 3.66. The van der Waals surface area contributed by atoms with Crippen LogP contribution in [0.1, 0.15) is 45.1 Å². The molecule has 6 nitrogen and oxygen atoms in total. The topological polar surface area (TPSA) is 66.5 Å². The third-order valence-electron chi connectivity index (χ3n) is 5.54. The first kappa shape index (κ1) is 23.6. The van der Waals surface area contributed by atoms with Gasteiger partial charge in [0.2, 0.25) is 5.91 Å². The highest BCUT2D eigenvalue weighted by atomic mass is 19.1. The molecule has 0 spiro atoms. The number of benzene rings is 1. The molecule has 0 radical (unpaired) electrons. The largest absolute Gasteiger partial charge is 0.489 e. The molecule has 172 valence electrons. The van der Waals surface area contributed by atoms with Crippen LogP contribution in [-0.2, 0) is 4.79 Å². The maximum absolute atomic E-state index is 14.8. The van der Waals surface area contributed by atoms with Crippen LogP contribution in [0.5, 0.6) is 5.75 Å². The van der Waals surface area contributed by atoms with Crippen molar-refractivity contribution in [2.45, 2.75) is 45.6 Å². The highest BCUT2D eigenvalue weighted by Gasteiger charge is 2.27. The fourth-order valence-corrected chi connectivity index (χ4v) is 3.66. The molecular formula is C25H33FN4O2. The minimum absolute atomic E-state index is 0.0275. The van der Waals surface area contributed by atoms with Crippen molar-refractivity contribution >= 4 is 17.4 Å². The first-order chi connectivity index (χ1) is 15.4. The van der Waals surface area contributed by atoms with Crippen molar-refractivity contribution in [1.29, 1.82) is 0 Å². The molecule has 2 aromatic rings. The molecule has 1 fully saturated rings. The zero-order valence-corrected chi connectivity index (χ0v) is 19.2. The number of carbonyl (C=O) groups is 1. The van der Waals surface area contributed by atoms with Crippen molar-refractivity contribution in [3.63, 3.8) is 0 Å². The van der Waals surface area contributed by atoms with E-state index < -0.39 is 0 Å². The van der Waals surface area contributed by atoms with Crippen LogP contribution >= 0.6 is 0 Å². The number of ether oxygens (including phenoxy) is 1. The normalized spacial score (nSPS) is 16.5. The summed E-state index contributed by atoms with van der Waals surface area (Å²) in [6.07, 6.45) is 3.32. The minimum Gasteiger partial charge on any atom is -0.489 e. The van der Waals surface area contributed by atoms with Crippen LogP contribution in [0.3, 0.4) is 0 Å². The summed E-state index contributed by atoms with van der Waals surface area (Å²) in [5.74, 6) is 0.446. The summed E-state index contributed by atoms with van der Waals surface area (Å²) in [5, 5.41) is 5.92. The Morgan fingerprint density at radius 3 is 2.78 bits per heavy atom. The van der Waals surface area contributed by atoms with E-state index in [1.54, 1.807) is 12.3 Å². The molecule has 1 aliphatic rings. The van der Waals surface area contributed by atoms with Crippen LogP contribution in [0, 0.1) is 5.82 Å². The van der Waals surface area contributed by atoms with Gasteiger partial charge >= 0.3 is 0 Å². The Bertz CT molecular complexity index is 932. The van der Waals surface area contributed by atoms with Crippen molar-refractivity contribution in [2.75, 3.05) is 36.4 Å². The molecule has 0 aliphatic carbocycles. The predicted octanol–water partition coefficient (Wildman–Crippen LogP) is 4.50. The summed E-state index contributed by atoms with van der Waals surface area (Å²) in [7, 11) is 0. The summed E-state index contributed by atoms with van der Waals surface area (Å²) >= 11 is 0. The Morgan fingerprint density at radius 1 is 1.34 bits per heavy atom. The van der Waals surface area contributed by atoms with Gasteiger partial charge in [-0.05, 0) is 44.0 Å². The fraction of sp³-hybridized carbons (Fsp3) is 0.440. The van der Waals surface area contributed by atoms with E-state index >= 15 is 0 Å². The van der Waals surface area contributed by atoms with Crippen molar-refractivity contribution in [2.24, 2.45) is 0 Å². The van der Waals surface area contributed by atoms with Crippen LogP contribution in [0.25, 0.3) is 0 Å². The number of halogens is 1. The lowest BCUT2D eigenvalue weighted by Gasteiger charge is -2.21. The summed E-state index contributed by atoms with van der Waals surface area (Å²) < 4.78 is 21.0. The second kappa shape index (κ2) is 11.0. The molecule has 1 aliphatic heterocycles. The highest BCUT2D eigenvalue weighted by Crippen LogP contribution is 2.29. The van der Waals surface area contributed by atoms with Crippen LogP contribution in [-0.4, -0.2) is 43.2 Å². The minimum atomic E-state index is -0.315. The van der Waals surface area contributed by atoms with Gasteiger partial charge < -0.3 is 20.3 Å². The first-order valence-corrected chi connectivity index (χ1v) is 11.2. The first-order valence-electron chi connectivity index (χ1n) is 11.2. The molecule has 3 rings (SSSR count). The molecule has 32 heavy (non-hydrogen) atoms. The summed E-state index contributed by atoms with van der Waals surface area (Å²) in [6.45, 7) is 12.1. The zero-order chi connectivity index (χ0) is 23.1. The van der Waals surface area contributed by atoms with Crippen molar-refractivity contribution < 1.29 is 13.9 Å². The molecule has 0 bridgehead atoms. The van der Waals surface area contributed by atoms with Gasteiger partial charge in [-0.2, -0.15) is 0 Å². The number of nitrogens with zero attached hydrogens (tertiary/aromatic N) is 2. The van der Waals surface area contributed by atoms with E-state index in [-0.39, 0.29) is 23.7 Å². The molecule has 1 aromatic heterocycles. The molecule has 0 saturated carbocycles. The van der Waals surface area contributed by atoms with Gasteiger partial charge in [0.1, 0.15) is 11.9 Å². The second-order valence-electron chi connectivity index (χ2n) is 8.36. The SMILES string of the molecule is C=C(C)CNC(=O)C(C)c1ccc(O[C@@H]2CCN(c3ccnc(NCCC)c3F)C2)cc1. The molecule has 1 unspecified atom stereocenters. The van der Waals surface area contributed by atoms with Crippen LogP contribution in [0.15, 0.2) is 48.7 Å². The number of amides is 1. The molecule has 2 N–H and O–H groups in total. The zero-order valence-electron chi connectivity index (χ0n) is 19.2. The molecule has 2 heterocycles. The number of hydrogen-bond acceptors (Lipinski definition) is 5. The monoisotopic (exact) mass is 440 g/mol. The molecule has 1 saturated heterocycles. The number of pyridine rings is 1. The number of anilines is 2. The Kier molecular flexibility index (Phi) is 8.09. The third-order valence-corrected chi connectivity index (χ3v) is 5.54. The van der Waals surface area contributed by atoms with Gasteiger partial charge in [-0.15, -0.1) is 0 Å². The van der Waals surface area contributed by atoms with Crippen LogP contribution in [0.4, 0.5) is 15.9 Å². The molecule has 1 amide bonds. The molecule has 7 heteroatoms. The number of aromatic nitrogens is 1. The van der Waals surface area contributed by atoms with E-state index in [9.17, 15) is 9.18 Å². The average Bonchev–Trinajstić information content (AvgIpc) is 3.25. The number of carbonyl (C=O) groups excluding carboxylic acids is 1.